The van der Waals surface area contributed by atoms with Gasteiger partial charge in [0.25, 0.3) is 0 Å². The lowest BCUT2D eigenvalue weighted by atomic mass is 10.0. The zero-order valence-corrected chi connectivity index (χ0v) is 21.1. The molecule has 6 nitrogen and oxygen atoms in total. The number of nitrogens with zero attached hydrogens (tertiary/aromatic N) is 4. The monoisotopic (exact) mass is 496 g/mol. The average Bonchev–Trinajstić information content (AvgIpc) is 3.36. The molecule has 2 aromatic heterocycles. The number of benzene rings is 3. The highest BCUT2D eigenvalue weighted by atomic mass is 32.2. The maximum absolute atomic E-state index is 12.4. The number of para-hydroxylation sites is 1. The second kappa shape index (κ2) is 9.91. The molecule has 1 aliphatic rings. The van der Waals surface area contributed by atoms with Gasteiger partial charge in [0, 0.05) is 22.9 Å². The standard InChI is InChI=1S/C29H28N4O2S/c1-20(32-16-8-3-9-17-32)28-30-31-29(33(28)23-11-4-2-5-12-23)36-19-22-18-26(34)35-25-15-14-21-10-6-7-13-24(21)27(22)25/h2,4-7,10-15,18,20H,3,8-9,16-17,19H2,1H3/t20-/m0/s1. The average molecular weight is 497 g/mol. The van der Waals surface area contributed by atoms with Crippen molar-refractivity contribution in [2.75, 3.05) is 13.1 Å². The molecule has 3 aromatic carbocycles. The molecule has 182 valence electrons. The molecule has 36 heavy (non-hydrogen) atoms. The Labute approximate surface area is 213 Å². The second-order valence-electron chi connectivity index (χ2n) is 9.32. The van der Waals surface area contributed by atoms with Crippen molar-refractivity contribution in [3.63, 3.8) is 0 Å². The Morgan fingerprint density at radius 1 is 0.944 bits per heavy atom. The van der Waals surface area contributed by atoms with Gasteiger partial charge in [0.05, 0.1) is 6.04 Å². The van der Waals surface area contributed by atoms with Crippen LogP contribution in [0.4, 0.5) is 0 Å². The van der Waals surface area contributed by atoms with E-state index in [1.807, 2.05) is 42.5 Å². The molecular weight excluding hydrogens is 468 g/mol. The van der Waals surface area contributed by atoms with Crippen molar-refractivity contribution in [2.45, 2.75) is 43.1 Å². The molecule has 1 saturated heterocycles. The first-order valence-corrected chi connectivity index (χ1v) is 13.5. The molecular formula is C29H28N4O2S. The van der Waals surface area contributed by atoms with E-state index in [9.17, 15) is 4.79 Å². The van der Waals surface area contributed by atoms with Crippen molar-refractivity contribution in [3.05, 3.63) is 94.6 Å². The molecule has 0 bridgehead atoms. The third-order valence-electron chi connectivity index (χ3n) is 7.06. The summed E-state index contributed by atoms with van der Waals surface area (Å²) in [6, 6.07) is 24.2. The summed E-state index contributed by atoms with van der Waals surface area (Å²) in [7, 11) is 0. The number of rotatable bonds is 6. The second-order valence-corrected chi connectivity index (χ2v) is 10.3. The molecule has 0 saturated carbocycles. The van der Waals surface area contributed by atoms with E-state index >= 15 is 0 Å². The first kappa shape index (κ1) is 23.0. The van der Waals surface area contributed by atoms with Crippen LogP contribution in [0.5, 0.6) is 0 Å². The third kappa shape index (κ3) is 4.33. The molecule has 0 spiro atoms. The molecule has 0 aliphatic carbocycles. The first-order chi connectivity index (χ1) is 17.7. The molecule has 7 heteroatoms. The minimum absolute atomic E-state index is 0.167. The molecule has 0 amide bonds. The zero-order valence-electron chi connectivity index (χ0n) is 20.3. The van der Waals surface area contributed by atoms with Crippen molar-refractivity contribution >= 4 is 33.5 Å². The van der Waals surface area contributed by atoms with E-state index in [-0.39, 0.29) is 11.7 Å². The molecule has 5 aromatic rings. The van der Waals surface area contributed by atoms with E-state index in [1.54, 1.807) is 17.8 Å². The van der Waals surface area contributed by atoms with Gasteiger partial charge in [-0.25, -0.2) is 4.79 Å². The van der Waals surface area contributed by atoms with Gasteiger partial charge in [0.1, 0.15) is 5.58 Å². The van der Waals surface area contributed by atoms with Crippen LogP contribution in [0.3, 0.4) is 0 Å². The van der Waals surface area contributed by atoms with Crippen LogP contribution in [0.1, 0.15) is 43.6 Å². The van der Waals surface area contributed by atoms with E-state index in [0.717, 1.165) is 51.5 Å². The van der Waals surface area contributed by atoms with Gasteiger partial charge in [0.2, 0.25) is 0 Å². The maximum atomic E-state index is 12.4. The first-order valence-electron chi connectivity index (χ1n) is 12.5. The molecule has 1 aliphatic heterocycles. The highest BCUT2D eigenvalue weighted by Crippen LogP contribution is 2.34. The lowest BCUT2D eigenvalue weighted by Gasteiger charge is -2.31. The predicted octanol–water partition coefficient (Wildman–Crippen LogP) is 6.37. The summed E-state index contributed by atoms with van der Waals surface area (Å²) >= 11 is 1.60. The fraction of sp³-hybridized carbons (Fsp3) is 0.276. The number of likely N-dealkylation sites (tertiary alicyclic amines) is 1. The van der Waals surface area contributed by atoms with Crippen molar-refractivity contribution in [1.29, 1.82) is 0 Å². The quantitative estimate of drug-likeness (QED) is 0.155. The van der Waals surface area contributed by atoms with Gasteiger partial charge >= 0.3 is 5.63 Å². The molecule has 1 fully saturated rings. The van der Waals surface area contributed by atoms with Crippen molar-refractivity contribution in [3.8, 4) is 5.69 Å². The number of aromatic nitrogens is 3. The maximum Gasteiger partial charge on any atom is 0.336 e. The van der Waals surface area contributed by atoms with Crippen LogP contribution in [0.25, 0.3) is 27.4 Å². The van der Waals surface area contributed by atoms with Crippen LogP contribution in [0.15, 0.2) is 87.2 Å². The van der Waals surface area contributed by atoms with Gasteiger partial charge in [-0.2, -0.15) is 0 Å². The Bertz CT molecular complexity index is 1570. The van der Waals surface area contributed by atoms with Crippen LogP contribution in [0, 0.1) is 0 Å². The van der Waals surface area contributed by atoms with E-state index in [2.05, 4.69) is 50.9 Å². The fourth-order valence-corrected chi connectivity index (χ4v) is 6.15. The Kier molecular flexibility index (Phi) is 6.34. The number of thioether (sulfide) groups is 1. The van der Waals surface area contributed by atoms with E-state index in [0.29, 0.717) is 11.3 Å². The van der Waals surface area contributed by atoms with Gasteiger partial charge in [0.15, 0.2) is 11.0 Å². The topological polar surface area (TPSA) is 64.2 Å². The lowest BCUT2D eigenvalue weighted by molar-refractivity contribution is 0.167. The highest BCUT2D eigenvalue weighted by molar-refractivity contribution is 7.98. The van der Waals surface area contributed by atoms with Gasteiger partial charge < -0.3 is 4.42 Å². The minimum atomic E-state index is -0.336. The summed E-state index contributed by atoms with van der Waals surface area (Å²) in [4.78, 5) is 14.9. The fourth-order valence-electron chi connectivity index (χ4n) is 5.21. The lowest BCUT2D eigenvalue weighted by Crippen LogP contribution is -2.33. The summed E-state index contributed by atoms with van der Waals surface area (Å²) in [5, 5.41) is 13.3. The van der Waals surface area contributed by atoms with Crippen LogP contribution < -0.4 is 5.63 Å². The van der Waals surface area contributed by atoms with Gasteiger partial charge in [-0.3, -0.25) is 9.47 Å². The molecule has 1 atom stereocenters. The van der Waals surface area contributed by atoms with Crippen molar-refractivity contribution in [1.82, 2.24) is 19.7 Å². The minimum Gasteiger partial charge on any atom is -0.423 e. The Morgan fingerprint density at radius 2 is 1.72 bits per heavy atom. The van der Waals surface area contributed by atoms with Gasteiger partial charge in [-0.15, -0.1) is 10.2 Å². The normalized spacial score (nSPS) is 15.5. The number of hydrogen-bond acceptors (Lipinski definition) is 6. The number of piperidine rings is 1. The van der Waals surface area contributed by atoms with E-state index < -0.39 is 0 Å². The Balaban J connectivity index is 1.40. The van der Waals surface area contributed by atoms with Crippen molar-refractivity contribution < 1.29 is 4.42 Å². The third-order valence-corrected chi connectivity index (χ3v) is 8.03. The zero-order chi connectivity index (χ0) is 24.5. The summed E-state index contributed by atoms with van der Waals surface area (Å²) in [5.74, 6) is 1.53. The number of fused-ring (bicyclic) bond motifs is 3. The van der Waals surface area contributed by atoms with Crippen LogP contribution in [-0.4, -0.2) is 32.8 Å². The molecule has 3 heterocycles. The van der Waals surface area contributed by atoms with Crippen LogP contribution in [-0.2, 0) is 5.75 Å². The summed E-state index contributed by atoms with van der Waals surface area (Å²) in [6.45, 7) is 4.40. The SMILES string of the molecule is C[C@@H](c1nnc(SCc2cc(=O)oc3ccc4ccccc4c23)n1-c1ccccc1)N1CCCCC1. The van der Waals surface area contributed by atoms with E-state index in [1.165, 1.54) is 19.3 Å². The molecule has 6 rings (SSSR count). The Morgan fingerprint density at radius 3 is 2.56 bits per heavy atom. The van der Waals surface area contributed by atoms with Crippen LogP contribution >= 0.6 is 11.8 Å². The Hall–Kier alpha value is -3.42. The molecule has 0 radical (unpaired) electrons. The largest absolute Gasteiger partial charge is 0.423 e. The molecule has 0 N–H and O–H groups in total. The molecule has 0 unspecified atom stereocenters. The van der Waals surface area contributed by atoms with Crippen LogP contribution in [0.2, 0.25) is 0 Å². The summed E-state index contributed by atoms with van der Waals surface area (Å²) in [6.07, 6.45) is 3.75. The smallest absolute Gasteiger partial charge is 0.336 e. The number of hydrogen-bond donors (Lipinski definition) is 0. The highest BCUT2D eigenvalue weighted by Gasteiger charge is 2.25. The predicted molar refractivity (Wildman–Crippen MR) is 145 cm³/mol. The summed E-state index contributed by atoms with van der Waals surface area (Å²) < 4.78 is 7.73. The van der Waals surface area contributed by atoms with E-state index in [4.69, 9.17) is 4.42 Å². The van der Waals surface area contributed by atoms with Gasteiger partial charge in [-0.1, -0.05) is 66.7 Å². The van der Waals surface area contributed by atoms with Crippen molar-refractivity contribution in [2.24, 2.45) is 0 Å². The summed E-state index contributed by atoms with van der Waals surface area (Å²) in [5.41, 5.74) is 2.26. The van der Waals surface area contributed by atoms with Gasteiger partial charge in [-0.05, 0) is 67.4 Å².